The highest BCUT2D eigenvalue weighted by Crippen LogP contribution is 2.40. The van der Waals surface area contributed by atoms with Gasteiger partial charge < -0.3 is 19.1 Å². The van der Waals surface area contributed by atoms with E-state index in [0.29, 0.717) is 36.0 Å². The number of methoxy groups -OCH3 is 2. The van der Waals surface area contributed by atoms with Crippen molar-refractivity contribution in [2.24, 2.45) is 5.41 Å². The molecule has 0 radical (unpaired) electrons. The lowest BCUT2D eigenvalue weighted by Crippen LogP contribution is -2.58. The van der Waals surface area contributed by atoms with Crippen molar-refractivity contribution in [2.75, 3.05) is 40.5 Å². The molecule has 0 aromatic heterocycles. The summed E-state index contributed by atoms with van der Waals surface area (Å²) in [6.45, 7) is 2.77. The van der Waals surface area contributed by atoms with Gasteiger partial charge in [0.2, 0.25) is 0 Å². The fraction of sp³-hybridized carbons (Fsp3) is 0.611. The molecule has 24 heavy (non-hydrogen) atoms. The summed E-state index contributed by atoms with van der Waals surface area (Å²) >= 11 is 6.16. The second-order valence-electron chi connectivity index (χ2n) is 6.62. The van der Waals surface area contributed by atoms with Crippen LogP contribution in [0, 0.1) is 5.41 Å². The van der Waals surface area contributed by atoms with Crippen LogP contribution in [0.4, 0.5) is 0 Å². The van der Waals surface area contributed by atoms with E-state index in [2.05, 4.69) is 0 Å². The number of piperidine rings is 1. The first-order chi connectivity index (χ1) is 11.6. The van der Waals surface area contributed by atoms with Gasteiger partial charge in [-0.3, -0.25) is 4.79 Å². The Hall–Kier alpha value is -1.30. The van der Waals surface area contributed by atoms with E-state index >= 15 is 0 Å². The highest BCUT2D eigenvalue weighted by Gasteiger charge is 2.47. The molecule has 1 aromatic rings. The molecule has 5 nitrogen and oxygen atoms in total. The molecular weight excluding hydrogens is 330 g/mol. The average Bonchev–Trinajstić information content (AvgIpc) is 2.60. The summed E-state index contributed by atoms with van der Waals surface area (Å²) < 4.78 is 16.6. The van der Waals surface area contributed by atoms with Crippen molar-refractivity contribution in [2.45, 2.75) is 25.4 Å². The van der Waals surface area contributed by atoms with E-state index in [-0.39, 0.29) is 17.4 Å². The van der Waals surface area contributed by atoms with E-state index in [1.165, 1.54) is 0 Å². The van der Waals surface area contributed by atoms with Crippen molar-refractivity contribution < 1.29 is 19.0 Å². The molecule has 1 aromatic carbocycles. The van der Waals surface area contributed by atoms with Crippen molar-refractivity contribution in [3.63, 3.8) is 0 Å². The van der Waals surface area contributed by atoms with Gasteiger partial charge in [-0.1, -0.05) is 11.6 Å². The molecule has 2 atom stereocenters. The minimum Gasteiger partial charge on any atom is -0.495 e. The maximum atomic E-state index is 12.9. The number of fused-ring (bicyclic) bond motifs is 1. The van der Waals surface area contributed by atoms with Gasteiger partial charge in [-0.05, 0) is 37.5 Å². The predicted octanol–water partition coefficient (Wildman–Crippen LogP) is 3.01. The standard InChI is InChI=1S/C18H24ClNO4/c1-22-12-18-7-3-9-24-16(18)6-8-20(11-18)17(21)13-4-5-15(23-2)14(19)10-13/h4-5,10,16H,3,6-9,11-12H2,1-2H3. The first-order valence-electron chi connectivity index (χ1n) is 8.33. The van der Waals surface area contributed by atoms with Crippen LogP contribution in [0.25, 0.3) is 0 Å². The zero-order valence-corrected chi connectivity index (χ0v) is 15.0. The first kappa shape index (κ1) is 17.5. The summed E-state index contributed by atoms with van der Waals surface area (Å²) in [7, 11) is 3.27. The number of hydrogen-bond donors (Lipinski definition) is 0. The van der Waals surface area contributed by atoms with Crippen LogP contribution in [0.2, 0.25) is 5.02 Å². The molecule has 1 amide bonds. The molecular formula is C18H24ClNO4. The van der Waals surface area contributed by atoms with E-state index in [1.807, 2.05) is 4.90 Å². The summed E-state index contributed by atoms with van der Waals surface area (Å²) in [6.07, 6.45) is 3.06. The molecule has 2 unspecified atom stereocenters. The average molecular weight is 354 g/mol. The molecule has 0 aliphatic carbocycles. The van der Waals surface area contributed by atoms with Crippen LogP contribution in [-0.4, -0.2) is 57.4 Å². The number of rotatable bonds is 4. The number of ether oxygens (including phenoxy) is 3. The Balaban J connectivity index is 1.79. The summed E-state index contributed by atoms with van der Waals surface area (Å²) in [5, 5.41) is 0.450. The Morgan fingerprint density at radius 1 is 1.46 bits per heavy atom. The number of hydrogen-bond acceptors (Lipinski definition) is 4. The van der Waals surface area contributed by atoms with Gasteiger partial charge in [0.15, 0.2) is 0 Å². The number of benzene rings is 1. The lowest BCUT2D eigenvalue weighted by Gasteiger charge is -2.50. The van der Waals surface area contributed by atoms with Crippen molar-refractivity contribution in [1.82, 2.24) is 4.90 Å². The third-order valence-electron chi connectivity index (χ3n) is 5.11. The van der Waals surface area contributed by atoms with Gasteiger partial charge >= 0.3 is 0 Å². The Kier molecular flexibility index (Phi) is 5.33. The van der Waals surface area contributed by atoms with Crippen LogP contribution < -0.4 is 4.74 Å². The Morgan fingerprint density at radius 2 is 2.29 bits per heavy atom. The predicted molar refractivity (Wildman–Crippen MR) is 91.8 cm³/mol. The number of halogens is 1. The van der Waals surface area contributed by atoms with Gasteiger partial charge in [-0.2, -0.15) is 0 Å². The SMILES string of the molecule is COCC12CCCOC1CCN(C(=O)c1ccc(OC)c(Cl)c1)C2. The van der Waals surface area contributed by atoms with Gasteiger partial charge in [-0.25, -0.2) is 0 Å². The smallest absolute Gasteiger partial charge is 0.253 e. The molecule has 2 heterocycles. The van der Waals surface area contributed by atoms with Gasteiger partial charge in [0.1, 0.15) is 5.75 Å². The molecule has 0 spiro atoms. The zero-order valence-electron chi connectivity index (χ0n) is 14.2. The molecule has 2 saturated heterocycles. The third kappa shape index (κ3) is 3.25. The largest absolute Gasteiger partial charge is 0.495 e. The molecule has 0 saturated carbocycles. The number of likely N-dealkylation sites (tertiary alicyclic amines) is 1. The van der Waals surface area contributed by atoms with Crippen LogP contribution in [0.3, 0.4) is 0 Å². The van der Waals surface area contributed by atoms with Crippen molar-refractivity contribution >= 4 is 17.5 Å². The maximum Gasteiger partial charge on any atom is 0.253 e. The van der Waals surface area contributed by atoms with Crippen LogP contribution in [-0.2, 0) is 9.47 Å². The summed E-state index contributed by atoms with van der Waals surface area (Å²) in [5.74, 6) is 0.572. The number of carbonyl (C=O) groups is 1. The van der Waals surface area contributed by atoms with Crippen LogP contribution in [0.15, 0.2) is 18.2 Å². The fourth-order valence-corrected chi connectivity index (χ4v) is 4.20. The van der Waals surface area contributed by atoms with Crippen LogP contribution in [0.5, 0.6) is 5.75 Å². The quantitative estimate of drug-likeness (QED) is 0.834. The highest BCUT2D eigenvalue weighted by molar-refractivity contribution is 6.32. The number of nitrogens with zero attached hydrogens (tertiary/aromatic N) is 1. The molecule has 0 N–H and O–H groups in total. The van der Waals surface area contributed by atoms with E-state index < -0.39 is 0 Å². The second-order valence-corrected chi connectivity index (χ2v) is 7.03. The summed E-state index contributed by atoms with van der Waals surface area (Å²) in [6, 6.07) is 5.17. The van der Waals surface area contributed by atoms with E-state index in [0.717, 1.165) is 25.9 Å². The van der Waals surface area contributed by atoms with E-state index in [4.69, 9.17) is 25.8 Å². The Morgan fingerprint density at radius 3 is 3.00 bits per heavy atom. The molecule has 3 rings (SSSR count). The normalized spacial score (nSPS) is 26.8. The first-order valence-corrected chi connectivity index (χ1v) is 8.71. The minimum atomic E-state index is -0.100. The van der Waals surface area contributed by atoms with E-state index in [1.54, 1.807) is 32.4 Å². The van der Waals surface area contributed by atoms with Gasteiger partial charge in [0, 0.05) is 37.8 Å². The molecule has 132 valence electrons. The lowest BCUT2D eigenvalue weighted by molar-refractivity contribution is -0.142. The molecule has 2 aliphatic rings. The van der Waals surface area contributed by atoms with Crippen molar-refractivity contribution in [3.8, 4) is 5.75 Å². The Labute approximate surface area is 147 Å². The lowest BCUT2D eigenvalue weighted by atomic mass is 9.73. The molecule has 6 heteroatoms. The molecule has 2 aliphatic heterocycles. The summed E-state index contributed by atoms with van der Waals surface area (Å²) in [5.41, 5.74) is 0.487. The number of amides is 1. The zero-order chi connectivity index (χ0) is 17.2. The topological polar surface area (TPSA) is 48.0 Å². The second kappa shape index (κ2) is 7.30. The van der Waals surface area contributed by atoms with E-state index in [9.17, 15) is 4.79 Å². The monoisotopic (exact) mass is 353 g/mol. The number of carbonyl (C=O) groups excluding carboxylic acids is 1. The summed E-state index contributed by atoms with van der Waals surface area (Å²) in [4.78, 5) is 14.8. The van der Waals surface area contributed by atoms with Gasteiger partial charge in [-0.15, -0.1) is 0 Å². The molecule has 0 bridgehead atoms. The molecule has 2 fully saturated rings. The highest BCUT2D eigenvalue weighted by atomic mass is 35.5. The van der Waals surface area contributed by atoms with Gasteiger partial charge in [0.25, 0.3) is 5.91 Å². The van der Waals surface area contributed by atoms with Gasteiger partial charge in [0.05, 0.1) is 24.8 Å². The maximum absolute atomic E-state index is 12.9. The Bertz CT molecular complexity index is 605. The van der Waals surface area contributed by atoms with Crippen molar-refractivity contribution in [1.29, 1.82) is 0 Å². The van der Waals surface area contributed by atoms with Crippen LogP contribution >= 0.6 is 11.6 Å². The minimum absolute atomic E-state index is 0.000875. The van der Waals surface area contributed by atoms with Crippen LogP contribution in [0.1, 0.15) is 29.6 Å². The third-order valence-corrected chi connectivity index (χ3v) is 5.40. The van der Waals surface area contributed by atoms with Crippen molar-refractivity contribution in [3.05, 3.63) is 28.8 Å². The fourth-order valence-electron chi connectivity index (χ4n) is 3.94.